The highest BCUT2D eigenvalue weighted by atomic mass is 35.5. The molecule has 0 bridgehead atoms. The van der Waals surface area contributed by atoms with Gasteiger partial charge in [-0.1, -0.05) is 64.1 Å². The molecule has 3 amide bonds. The summed E-state index contributed by atoms with van der Waals surface area (Å²) in [5.74, 6) is -3.41. The van der Waals surface area contributed by atoms with Crippen molar-refractivity contribution in [1.29, 1.82) is 0 Å². The van der Waals surface area contributed by atoms with Gasteiger partial charge in [0.05, 0.1) is 31.2 Å². The largest absolute Gasteiger partial charge is 0.454 e. The number of benzene rings is 2. The first-order chi connectivity index (χ1) is 15.0. The van der Waals surface area contributed by atoms with Crippen molar-refractivity contribution in [3.63, 3.8) is 0 Å². The molecule has 1 atom stereocenters. The van der Waals surface area contributed by atoms with E-state index in [9.17, 15) is 19.2 Å². The molecule has 2 aromatic carbocycles. The van der Waals surface area contributed by atoms with Gasteiger partial charge in [-0.2, -0.15) is 0 Å². The topological polar surface area (TPSA) is 92.8 Å². The second kappa shape index (κ2) is 9.45. The first-order valence-electron chi connectivity index (χ1n) is 8.92. The number of nitrogens with zero attached hydrogens (tertiary/aromatic N) is 1. The van der Waals surface area contributed by atoms with Gasteiger partial charge < -0.3 is 10.1 Å². The van der Waals surface area contributed by atoms with Crippen LogP contribution < -0.4 is 5.32 Å². The fourth-order valence-electron chi connectivity index (χ4n) is 3.01. The van der Waals surface area contributed by atoms with Crippen molar-refractivity contribution in [2.45, 2.75) is 19.9 Å². The second-order valence-corrected chi connectivity index (χ2v) is 8.65. The SMILES string of the molecule is Cc1c(Cl)cccc1NC(=O)COC(=O)[C@@H](C)N1C(=O)c2c(Cl)c(Cl)c(Cl)c(Cl)c2C1=O. The molecule has 0 aliphatic carbocycles. The Hall–Kier alpha value is -2.03. The molecule has 12 heteroatoms. The van der Waals surface area contributed by atoms with E-state index in [4.69, 9.17) is 62.7 Å². The summed E-state index contributed by atoms with van der Waals surface area (Å²) in [6.45, 7) is 2.31. The number of nitrogens with one attached hydrogen (secondary N) is 1. The Morgan fingerprint density at radius 2 is 1.50 bits per heavy atom. The fourth-order valence-corrected chi connectivity index (χ4v) is 4.20. The van der Waals surface area contributed by atoms with E-state index < -0.39 is 36.3 Å². The minimum atomic E-state index is -1.38. The lowest BCUT2D eigenvalue weighted by Crippen LogP contribution is -2.44. The normalized spacial score (nSPS) is 13.8. The Bertz CT molecular complexity index is 1140. The number of esters is 1. The highest BCUT2D eigenvalue weighted by molar-refractivity contribution is 6.55. The molecule has 0 saturated carbocycles. The van der Waals surface area contributed by atoms with E-state index in [2.05, 4.69) is 5.32 Å². The summed E-state index contributed by atoms with van der Waals surface area (Å²) >= 11 is 30.1. The Kier molecular flexibility index (Phi) is 7.27. The van der Waals surface area contributed by atoms with Gasteiger partial charge in [-0.25, -0.2) is 4.79 Å². The smallest absolute Gasteiger partial charge is 0.329 e. The third kappa shape index (κ3) is 4.28. The molecule has 7 nitrogen and oxygen atoms in total. The predicted octanol–water partition coefficient (Wildman–Crippen LogP) is 5.43. The molecule has 1 aliphatic heterocycles. The Labute approximate surface area is 207 Å². The highest BCUT2D eigenvalue weighted by Gasteiger charge is 2.45. The molecule has 2 aromatic rings. The van der Waals surface area contributed by atoms with Crippen molar-refractivity contribution in [3.8, 4) is 0 Å². The molecule has 0 unspecified atom stereocenters. The average molecular weight is 539 g/mol. The van der Waals surface area contributed by atoms with Crippen molar-refractivity contribution in [2.75, 3.05) is 11.9 Å². The zero-order valence-electron chi connectivity index (χ0n) is 16.4. The lowest BCUT2D eigenvalue weighted by molar-refractivity contribution is -0.150. The van der Waals surface area contributed by atoms with E-state index >= 15 is 0 Å². The van der Waals surface area contributed by atoms with Gasteiger partial charge >= 0.3 is 5.97 Å². The first kappa shape index (κ1) is 24.6. The van der Waals surface area contributed by atoms with Gasteiger partial charge in [0.1, 0.15) is 6.04 Å². The van der Waals surface area contributed by atoms with E-state index in [1.165, 1.54) is 6.92 Å². The lowest BCUT2D eigenvalue weighted by atomic mass is 10.1. The standard InChI is InChI=1S/C20H13Cl5N2O5/c1-7-9(21)4-3-5-10(7)26-11(28)6-32-20(31)8(2)27-18(29)12-13(19(27)30)15(23)17(25)16(24)14(12)22/h3-5,8H,6H2,1-2H3,(H,26,28)/t8-/m1/s1. The molecular weight excluding hydrogens is 525 g/mol. The maximum Gasteiger partial charge on any atom is 0.329 e. The number of hydrogen-bond acceptors (Lipinski definition) is 5. The van der Waals surface area contributed by atoms with Gasteiger partial charge in [-0.15, -0.1) is 0 Å². The van der Waals surface area contributed by atoms with E-state index in [0.29, 0.717) is 21.2 Å². The zero-order chi connectivity index (χ0) is 23.9. The quantitative estimate of drug-likeness (QED) is 0.237. The molecule has 3 rings (SSSR count). The number of imide groups is 1. The van der Waals surface area contributed by atoms with Gasteiger partial charge in [-0.3, -0.25) is 19.3 Å². The molecule has 0 fully saturated rings. The van der Waals surface area contributed by atoms with E-state index in [1.54, 1.807) is 25.1 Å². The van der Waals surface area contributed by atoms with Gasteiger partial charge in [-0.05, 0) is 31.5 Å². The predicted molar refractivity (Wildman–Crippen MR) is 122 cm³/mol. The van der Waals surface area contributed by atoms with Crippen molar-refractivity contribution >= 4 is 87.4 Å². The number of amides is 3. The second-order valence-electron chi connectivity index (χ2n) is 6.73. The third-order valence-electron chi connectivity index (χ3n) is 4.75. The van der Waals surface area contributed by atoms with Crippen molar-refractivity contribution < 1.29 is 23.9 Å². The minimum Gasteiger partial charge on any atom is -0.454 e. The number of hydrogen-bond donors (Lipinski definition) is 1. The molecule has 0 radical (unpaired) electrons. The molecule has 1 N–H and O–H groups in total. The Balaban J connectivity index is 1.72. The average Bonchev–Trinajstić information content (AvgIpc) is 3.01. The Morgan fingerprint density at radius 3 is 2.03 bits per heavy atom. The highest BCUT2D eigenvalue weighted by Crippen LogP contribution is 2.45. The first-order valence-corrected chi connectivity index (χ1v) is 10.8. The molecule has 0 aromatic heterocycles. The van der Waals surface area contributed by atoms with Crippen LogP contribution in [0.25, 0.3) is 0 Å². The summed E-state index contributed by atoms with van der Waals surface area (Å²) in [5, 5.41) is 2.12. The summed E-state index contributed by atoms with van der Waals surface area (Å²) < 4.78 is 4.98. The van der Waals surface area contributed by atoms with Gasteiger partial charge in [0.15, 0.2) is 6.61 Å². The molecule has 0 spiro atoms. The van der Waals surface area contributed by atoms with Crippen LogP contribution in [0.3, 0.4) is 0 Å². The van der Waals surface area contributed by atoms with Crippen LogP contribution in [0.2, 0.25) is 25.1 Å². The number of rotatable bonds is 5. The van der Waals surface area contributed by atoms with Crippen LogP contribution in [0.4, 0.5) is 5.69 Å². The summed E-state index contributed by atoms with van der Waals surface area (Å²) in [4.78, 5) is 50.8. The van der Waals surface area contributed by atoms with Gasteiger partial charge in [0.25, 0.3) is 17.7 Å². The monoisotopic (exact) mass is 536 g/mol. The van der Waals surface area contributed by atoms with Crippen LogP contribution >= 0.6 is 58.0 Å². The lowest BCUT2D eigenvalue weighted by Gasteiger charge is -2.21. The number of fused-ring (bicyclic) bond motifs is 1. The molecular formula is C20H13Cl5N2O5. The van der Waals surface area contributed by atoms with Crippen LogP contribution in [0.5, 0.6) is 0 Å². The van der Waals surface area contributed by atoms with Crippen LogP contribution in [0.1, 0.15) is 33.2 Å². The summed E-state index contributed by atoms with van der Waals surface area (Å²) in [6, 6.07) is 3.56. The van der Waals surface area contributed by atoms with Crippen LogP contribution in [-0.2, 0) is 14.3 Å². The molecule has 1 heterocycles. The Morgan fingerprint density at radius 1 is 0.969 bits per heavy atom. The fraction of sp³-hybridized carbons (Fsp3) is 0.200. The van der Waals surface area contributed by atoms with E-state index in [1.807, 2.05) is 0 Å². The van der Waals surface area contributed by atoms with E-state index in [0.717, 1.165) is 0 Å². The zero-order valence-corrected chi connectivity index (χ0v) is 20.2. The van der Waals surface area contributed by atoms with Crippen LogP contribution in [0.15, 0.2) is 18.2 Å². The molecule has 168 valence electrons. The summed E-state index contributed by atoms with van der Waals surface area (Å²) in [5.41, 5.74) is 0.569. The molecule has 0 saturated heterocycles. The number of ether oxygens (including phenoxy) is 1. The van der Waals surface area contributed by atoms with Crippen molar-refractivity contribution in [3.05, 3.63) is 60.0 Å². The third-order valence-corrected chi connectivity index (χ3v) is 6.96. The maximum atomic E-state index is 12.8. The number of carbonyl (C=O) groups is 4. The van der Waals surface area contributed by atoms with Gasteiger partial charge in [0, 0.05) is 10.7 Å². The van der Waals surface area contributed by atoms with E-state index in [-0.39, 0.29) is 31.2 Å². The minimum absolute atomic E-state index is 0.191. The van der Waals surface area contributed by atoms with Gasteiger partial charge in [0.2, 0.25) is 0 Å². The number of anilines is 1. The summed E-state index contributed by atoms with van der Waals surface area (Å²) in [6.07, 6.45) is 0. The number of carbonyl (C=O) groups excluding carboxylic acids is 4. The van der Waals surface area contributed by atoms with Crippen molar-refractivity contribution in [1.82, 2.24) is 4.90 Å². The maximum absolute atomic E-state index is 12.8. The number of halogens is 5. The summed E-state index contributed by atoms with van der Waals surface area (Å²) in [7, 11) is 0. The van der Waals surface area contributed by atoms with Crippen molar-refractivity contribution in [2.24, 2.45) is 0 Å². The van der Waals surface area contributed by atoms with Crippen LogP contribution in [0, 0.1) is 6.92 Å². The molecule has 32 heavy (non-hydrogen) atoms. The molecule has 1 aliphatic rings. The van der Waals surface area contributed by atoms with Crippen LogP contribution in [-0.4, -0.2) is 41.2 Å².